The molecule has 2 rings (SSSR count). The summed E-state index contributed by atoms with van der Waals surface area (Å²) in [7, 11) is 0. The Bertz CT molecular complexity index is 613. The fourth-order valence-corrected chi connectivity index (χ4v) is 1.66. The zero-order chi connectivity index (χ0) is 14.4. The van der Waals surface area contributed by atoms with Crippen LogP contribution in [0.4, 0.5) is 0 Å². The molecule has 0 aliphatic rings. The van der Waals surface area contributed by atoms with Gasteiger partial charge in [-0.3, -0.25) is 4.79 Å². The second-order valence-electron chi connectivity index (χ2n) is 4.18. The van der Waals surface area contributed by atoms with E-state index in [2.05, 4.69) is 10.3 Å². The molecule has 0 unspecified atom stereocenters. The second kappa shape index (κ2) is 6.38. The molecule has 20 heavy (non-hydrogen) atoms. The van der Waals surface area contributed by atoms with Crippen molar-refractivity contribution in [2.75, 3.05) is 0 Å². The van der Waals surface area contributed by atoms with E-state index in [-0.39, 0.29) is 5.91 Å². The average molecular weight is 270 g/mol. The van der Waals surface area contributed by atoms with Crippen molar-refractivity contribution < 1.29 is 14.7 Å². The molecule has 0 atom stereocenters. The zero-order valence-electron chi connectivity index (χ0n) is 10.7. The van der Waals surface area contributed by atoms with E-state index in [0.717, 1.165) is 17.2 Å². The van der Waals surface area contributed by atoms with Gasteiger partial charge in [0, 0.05) is 18.8 Å². The van der Waals surface area contributed by atoms with Gasteiger partial charge in [0.25, 0.3) is 5.91 Å². The maximum Gasteiger partial charge on any atom is 0.328 e. The molecule has 2 aromatic rings. The normalized spacial score (nSPS) is 10.6. The van der Waals surface area contributed by atoms with Crippen molar-refractivity contribution in [1.82, 2.24) is 10.3 Å². The standard InChI is InChI=1S/C15H14N2O3/c18-14(19)8-7-11-3-5-12(6-4-11)10-17-15(20)13-2-1-9-16-13/h1-9,16H,10H2,(H,17,20)(H,18,19). The number of aromatic amines is 1. The van der Waals surface area contributed by atoms with E-state index in [1.165, 1.54) is 6.08 Å². The summed E-state index contributed by atoms with van der Waals surface area (Å²) in [6.07, 6.45) is 4.30. The highest BCUT2D eigenvalue weighted by atomic mass is 16.4. The third-order valence-corrected chi connectivity index (χ3v) is 2.69. The summed E-state index contributed by atoms with van der Waals surface area (Å²) in [5.41, 5.74) is 2.26. The van der Waals surface area contributed by atoms with Crippen LogP contribution >= 0.6 is 0 Å². The number of carboxylic acids is 1. The van der Waals surface area contributed by atoms with Crippen LogP contribution in [0.15, 0.2) is 48.7 Å². The predicted molar refractivity (Wildman–Crippen MR) is 75.1 cm³/mol. The Morgan fingerprint density at radius 3 is 2.55 bits per heavy atom. The van der Waals surface area contributed by atoms with Crippen LogP contribution < -0.4 is 5.32 Å². The maximum atomic E-state index is 11.7. The molecule has 1 heterocycles. The molecule has 0 saturated carbocycles. The zero-order valence-corrected chi connectivity index (χ0v) is 10.7. The number of rotatable bonds is 5. The number of aromatic nitrogens is 1. The molecular formula is C15H14N2O3. The van der Waals surface area contributed by atoms with Crippen molar-refractivity contribution >= 4 is 18.0 Å². The first-order valence-electron chi connectivity index (χ1n) is 6.07. The number of hydrogen-bond donors (Lipinski definition) is 3. The van der Waals surface area contributed by atoms with Crippen molar-refractivity contribution in [3.05, 3.63) is 65.5 Å². The van der Waals surface area contributed by atoms with Gasteiger partial charge in [0.15, 0.2) is 0 Å². The van der Waals surface area contributed by atoms with Crippen LogP contribution in [-0.2, 0) is 11.3 Å². The Labute approximate surface area is 115 Å². The number of amides is 1. The van der Waals surface area contributed by atoms with Gasteiger partial charge in [0.2, 0.25) is 0 Å². The summed E-state index contributed by atoms with van der Waals surface area (Å²) in [4.78, 5) is 24.9. The Hall–Kier alpha value is -2.82. The summed E-state index contributed by atoms with van der Waals surface area (Å²) in [5.74, 6) is -1.14. The van der Waals surface area contributed by atoms with Crippen LogP contribution in [0.1, 0.15) is 21.6 Å². The lowest BCUT2D eigenvalue weighted by molar-refractivity contribution is -0.131. The highest BCUT2D eigenvalue weighted by molar-refractivity contribution is 5.92. The number of nitrogens with one attached hydrogen (secondary N) is 2. The Morgan fingerprint density at radius 1 is 1.20 bits per heavy atom. The molecule has 0 radical (unpaired) electrons. The van der Waals surface area contributed by atoms with Crippen LogP contribution in [0.25, 0.3) is 6.08 Å². The summed E-state index contributed by atoms with van der Waals surface area (Å²) in [6, 6.07) is 10.8. The third kappa shape index (κ3) is 3.84. The van der Waals surface area contributed by atoms with Gasteiger partial charge < -0.3 is 15.4 Å². The van der Waals surface area contributed by atoms with E-state index in [0.29, 0.717) is 12.2 Å². The maximum absolute atomic E-state index is 11.7. The minimum absolute atomic E-state index is 0.162. The van der Waals surface area contributed by atoms with Crippen LogP contribution in [0.3, 0.4) is 0 Å². The smallest absolute Gasteiger partial charge is 0.328 e. The van der Waals surface area contributed by atoms with Crippen molar-refractivity contribution in [3.8, 4) is 0 Å². The molecule has 1 aromatic heterocycles. The van der Waals surface area contributed by atoms with Crippen LogP contribution in [0, 0.1) is 0 Å². The molecule has 0 saturated heterocycles. The molecule has 0 spiro atoms. The third-order valence-electron chi connectivity index (χ3n) is 2.69. The fourth-order valence-electron chi connectivity index (χ4n) is 1.66. The van der Waals surface area contributed by atoms with Gasteiger partial charge in [-0.15, -0.1) is 0 Å². The quantitative estimate of drug-likeness (QED) is 0.727. The molecule has 0 aliphatic carbocycles. The Balaban J connectivity index is 1.91. The topological polar surface area (TPSA) is 82.2 Å². The summed E-state index contributed by atoms with van der Waals surface area (Å²) in [6.45, 7) is 0.417. The van der Waals surface area contributed by atoms with E-state index in [1.807, 2.05) is 12.1 Å². The molecule has 0 bridgehead atoms. The molecule has 5 heteroatoms. The van der Waals surface area contributed by atoms with Crippen LogP contribution in [-0.4, -0.2) is 22.0 Å². The highest BCUT2D eigenvalue weighted by Crippen LogP contribution is 2.06. The Kier molecular flexibility index (Phi) is 4.34. The number of carbonyl (C=O) groups excluding carboxylic acids is 1. The van der Waals surface area contributed by atoms with E-state index in [9.17, 15) is 9.59 Å². The molecule has 0 fully saturated rings. The predicted octanol–water partition coefficient (Wildman–Crippen LogP) is 2.04. The number of hydrogen-bond acceptors (Lipinski definition) is 2. The Morgan fingerprint density at radius 2 is 1.95 bits per heavy atom. The minimum Gasteiger partial charge on any atom is -0.478 e. The van der Waals surface area contributed by atoms with E-state index >= 15 is 0 Å². The molecule has 1 amide bonds. The van der Waals surface area contributed by atoms with Crippen molar-refractivity contribution in [3.63, 3.8) is 0 Å². The number of carboxylic acid groups (broad SMARTS) is 1. The molecule has 5 nitrogen and oxygen atoms in total. The lowest BCUT2D eigenvalue weighted by Gasteiger charge is -2.04. The first kappa shape index (κ1) is 13.6. The molecule has 0 aliphatic heterocycles. The van der Waals surface area contributed by atoms with Crippen LogP contribution in [0.2, 0.25) is 0 Å². The first-order chi connectivity index (χ1) is 9.65. The number of aliphatic carboxylic acids is 1. The van der Waals surface area contributed by atoms with Crippen LogP contribution in [0.5, 0.6) is 0 Å². The van der Waals surface area contributed by atoms with E-state index < -0.39 is 5.97 Å². The van der Waals surface area contributed by atoms with E-state index in [4.69, 9.17) is 5.11 Å². The van der Waals surface area contributed by atoms with Gasteiger partial charge in [-0.1, -0.05) is 24.3 Å². The monoisotopic (exact) mass is 270 g/mol. The molecule has 102 valence electrons. The highest BCUT2D eigenvalue weighted by Gasteiger charge is 2.04. The molecule has 3 N–H and O–H groups in total. The number of benzene rings is 1. The van der Waals surface area contributed by atoms with Crippen molar-refractivity contribution in [1.29, 1.82) is 0 Å². The lowest BCUT2D eigenvalue weighted by atomic mass is 10.1. The SMILES string of the molecule is O=C(O)C=Cc1ccc(CNC(=O)c2ccc[nH]2)cc1. The van der Waals surface area contributed by atoms with Gasteiger partial charge in [0.05, 0.1) is 0 Å². The molecular weight excluding hydrogens is 256 g/mol. The lowest BCUT2D eigenvalue weighted by Crippen LogP contribution is -2.22. The summed E-state index contributed by atoms with van der Waals surface area (Å²) < 4.78 is 0. The van der Waals surface area contributed by atoms with Gasteiger partial charge in [0.1, 0.15) is 5.69 Å². The first-order valence-corrected chi connectivity index (χ1v) is 6.07. The summed E-state index contributed by atoms with van der Waals surface area (Å²) in [5, 5.41) is 11.3. The largest absolute Gasteiger partial charge is 0.478 e. The van der Waals surface area contributed by atoms with Gasteiger partial charge in [-0.2, -0.15) is 0 Å². The minimum atomic E-state index is -0.979. The summed E-state index contributed by atoms with van der Waals surface area (Å²) >= 11 is 0. The van der Waals surface area contributed by atoms with Crippen molar-refractivity contribution in [2.24, 2.45) is 0 Å². The molecule has 1 aromatic carbocycles. The number of H-pyrrole nitrogens is 1. The average Bonchev–Trinajstić information content (AvgIpc) is 2.98. The van der Waals surface area contributed by atoms with Gasteiger partial charge >= 0.3 is 5.97 Å². The second-order valence-corrected chi connectivity index (χ2v) is 4.18. The number of carbonyl (C=O) groups is 2. The van der Waals surface area contributed by atoms with Gasteiger partial charge in [-0.05, 0) is 29.3 Å². The fraction of sp³-hybridized carbons (Fsp3) is 0.0667. The van der Waals surface area contributed by atoms with Gasteiger partial charge in [-0.25, -0.2) is 4.79 Å². The van der Waals surface area contributed by atoms with Crippen molar-refractivity contribution in [2.45, 2.75) is 6.54 Å². The van der Waals surface area contributed by atoms with E-state index in [1.54, 1.807) is 30.5 Å².